The Morgan fingerprint density at radius 2 is 1.72 bits per heavy atom. The van der Waals surface area contributed by atoms with Crippen LogP contribution >= 0.6 is 0 Å². The van der Waals surface area contributed by atoms with Crippen LogP contribution in [0.1, 0.15) is 5.69 Å². The Kier molecular flexibility index (Phi) is 2.27. The van der Waals surface area contributed by atoms with E-state index in [1.165, 1.54) is 0 Å². The quantitative estimate of drug-likeness (QED) is 0.688. The molecule has 4 bridgehead atoms. The molecular formula is C13H17N5. The third-order valence-corrected chi connectivity index (χ3v) is 3.91. The van der Waals surface area contributed by atoms with Crippen molar-refractivity contribution >= 4 is 6.21 Å². The van der Waals surface area contributed by atoms with Crippen LogP contribution < -0.4 is 0 Å². The van der Waals surface area contributed by atoms with E-state index in [4.69, 9.17) is 4.99 Å². The topological polar surface area (TPSA) is 35.0 Å². The second-order valence-corrected chi connectivity index (χ2v) is 5.65. The summed E-state index contributed by atoms with van der Waals surface area (Å²) in [6.45, 7) is 6.59. The Balaban J connectivity index is 1.59. The van der Waals surface area contributed by atoms with E-state index in [0.29, 0.717) is 0 Å². The average Bonchev–Trinajstić information content (AvgIpc) is 2.36. The fourth-order valence-electron chi connectivity index (χ4n) is 3.46. The fourth-order valence-corrected chi connectivity index (χ4v) is 3.46. The Morgan fingerprint density at radius 3 is 2.28 bits per heavy atom. The molecule has 4 fully saturated rings. The molecule has 0 amide bonds. The lowest BCUT2D eigenvalue weighted by atomic mass is 9.92. The number of rotatable bonds is 2. The summed E-state index contributed by atoms with van der Waals surface area (Å²) in [6.07, 6.45) is 3.76. The molecule has 94 valence electrons. The predicted octanol–water partition coefficient (Wildman–Crippen LogP) is 0.0586. The van der Waals surface area contributed by atoms with Crippen LogP contribution in [-0.2, 0) is 0 Å². The van der Waals surface area contributed by atoms with Crippen molar-refractivity contribution in [2.75, 3.05) is 39.6 Å². The molecule has 4 aliphatic rings. The minimum Gasteiger partial charge on any atom is -0.280 e. The second kappa shape index (κ2) is 3.85. The monoisotopic (exact) mass is 243 g/mol. The van der Waals surface area contributed by atoms with Crippen molar-refractivity contribution in [1.82, 2.24) is 19.7 Å². The maximum atomic E-state index is 4.87. The van der Waals surface area contributed by atoms with Crippen LogP contribution in [0.25, 0.3) is 0 Å². The molecule has 4 aliphatic heterocycles. The molecule has 5 rings (SSSR count). The first-order chi connectivity index (χ1) is 8.81. The molecule has 0 aromatic carbocycles. The highest BCUT2D eigenvalue weighted by molar-refractivity contribution is 5.77. The molecule has 1 aromatic rings. The lowest BCUT2D eigenvalue weighted by molar-refractivity contribution is -0.139. The zero-order chi connectivity index (χ0) is 12.0. The first kappa shape index (κ1) is 10.6. The summed E-state index contributed by atoms with van der Waals surface area (Å²) in [7, 11) is 0. The van der Waals surface area contributed by atoms with Crippen LogP contribution in [0.3, 0.4) is 0 Å². The summed E-state index contributed by atoms with van der Waals surface area (Å²) in [5.74, 6) is 0. The smallest absolute Gasteiger partial charge is 0.0990 e. The van der Waals surface area contributed by atoms with Crippen LogP contribution in [0.4, 0.5) is 0 Å². The maximum absolute atomic E-state index is 4.87. The van der Waals surface area contributed by atoms with Crippen molar-refractivity contribution < 1.29 is 0 Å². The Labute approximate surface area is 107 Å². The van der Waals surface area contributed by atoms with E-state index in [1.807, 2.05) is 30.6 Å². The summed E-state index contributed by atoms with van der Waals surface area (Å²) in [5, 5.41) is 0. The summed E-state index contributed by atoms with van der Waals surface area (Å²) in [6, 6.07) is 5.95. The summed E-state index contributed by atoms with van der Waals surface area (Å²) in [4.78, 5) is 16.6. The third kappa shape index (κ3) is 1.75. The van der Waals surface area contributed by atoms with E-state index in [1.54, 1.807) is 0 Å². The highest BCUT2D eigenvalue weighted by Crippen LogP contribution is 2.31. The lowest BCUT2D eigenvalue weighted by Crippen LogP contribution is -2.75. The van der Waals surface area contributed by atoms with Gasteiger partial charge >= 0.3 is 0 Å². The molecular weight excluding hydrogens is 226 g/mol. The molecule has 0 saturated carbocycles. The Hall–Kier alpha value is -1.30. The molecule has 5 heteroatoms. The zero-order valence-electron chi connectivity index (χ0n) is 10.4. The Bertz CT molecular complexity index is 434. The number of hydrogen-bond acceptors (Lipinski definition) is 5. The van der Waals surface area contributed by atoms with E-state index in [9.17, 15) is 0 Å². The first-order valence-electron chi connectivity index (χ1n) is 6.45. The lowest BCUT2D eigenvalue weighted by Gasteiger charge is -2.59. The number of aromatic nitrogens is 1. The molecule has 5 heterocycles. The molecule has 5 nitrogen and oxygen atoms in total. The van der Waals surface area contributed by atoms with Crippen LogP contribution in [-0.4, -0.2) is 71.1 Å². The van der Waals surface area contributed by atoms with Gasteiger partial charge in [-0.05, 0) is 12.1 Å². The largest absolute Gasteiger partial charge is 0.280 e. The fraction of sp³-hybridized carbons (Fsp3) is 0.538. The molecule has 0 N–H and O–H groups in total. The minimum absolute atomic E-state index is 0.0618. The van der Waals surface area contributed by atoms with E-state index in [2.05, 4.69) is 19.7 Å². The summed E-state index contributed by atoms with van der Waals surface area (Å²) >= 11 is 0. The molecule has 0 radical (unpaired) electrons. The van der Waals surface area contributed by atoms with Crippen LogP contribution in [0, 0.1) is 0 Å². The van der Waals surface area contributed by atoms with Gasteiger partial charge in [-0.15, -0.1) is 0 Å². The molecule has 0 spiro atoms. The molecule has 0 atom stereocenters. The van der Waals surface area contributed by atoms with Gasteiger partial charge in [0.25, 0.3) is 0 Å². The van der Waals surface area contributed by atoms with Gasteiger partial charge in [-0.25, -0.2) is 0 Å². The molecule has 0 aliphatic carbocycles. The second-order valence-electron chi connectivity index (χ2n) is 5.65. The SMILES string of the molecule is C(=NC12CN3CN(CN(C3)C1)C2)c1ccccn1. The molecule has 18 heavy (non-hydrogen) atoms. The van der Waals surface area contributed by atoms with Gasteiger partial charge in [0.15, 0.2) is 0 Å². The van der Waals surface area contributed by atoms with Crippen molar-refractivity contribution in [1.29, 1.82) is 0 Å². The minimum atomic E-state index is 0.0618. The molecule has 0 unspecified atom stereocenters. The van der Waals surface area contributed by atoms with Crippen molar-refractivity contribution in [3.05, 3.63) is 30.1 Å². The van der Waals surface area contributed by atoms with Crippen molar-refractivity contribution in [2.24, 2.45) is 4.99 Å². The number of hydrogen-bond donors (Lipinski definition) is 0. The van der Waals surface area contributed by atoms with Crippen molar-refractivity contribution in [3.63, 3.8) is 0 Å². The average molecular weight is 243 g/mol. The maximum Gasteiger partial charge on any atom is 0.0990 e. The molecule has 4 saturated heterocycles. The van der Waals surface area contributed by atoms with Gasteiger partial charge in [0.05, 0.1) is 31.2 Å². The van der Waals surface area contributed by atoms with E-state index < -0.39 is 0 Å². The normalized spacial score (nSPS) is 41.7. The van der Waals surface area contributed by atoms with Crippen LogP contribution in [0.2, 0.25) is 0 Å². The van der Waals surface area contributed by atoms with Crippen LogP contribution in [0.15, 0.2) is 29.4 Å². The summed E-state index contributed by atoms with van der Waals surface area (Å²) in [5.41, 5.74) is 1.01. The van der Waals surface area contributed by atoms with Gasteiger partial charge < -0.3 is 0 Å². The van der Waals surface area contributed by atoms with Gasteiger partial charge in [0, 0.05) is 32.0 Å². The Morgan fingerprint density at radius 1 is 1.06 bits per heavy atom. The predicted molar refractivity (Wildman–Crippen MR) is 69.3 cm³/mol. The van der Waals surface area contributed by atoms with E-state index in [0.717, 1.165) is 45.3 Å². The van der Waals surface area contributed by atoms with E-state index >= 15 is 0 Å². The van der Waals surface area contributed by atoms with Gasteiger partial charge in [-0.3, -0.25) is 24.7 Å². The number of pyridine rings is 1. The third-order valence-electron chi connectivity index (χ3n) is 3.91. The first-order valence-corrected chi connectivity index (χ1v) is 6.45. The zero-order valence-corrected chi connectivity index (χ0v) is 10.4. The number of nitrogens with zero attached hydrogens (tertiary/aromatic N) is 5. The standard InChI is InChI=1S/C13H17N5/c1-2-4-14-12(3-1)5-15-13-6-16-9-17(7-13)11-18(8-13)10-16/h1-5H,6-11H2. The number of aliphatic imine (C=N–C) groups is 1. The highest BCUT2D eigenvalue weighted by Gasteiger charge is 2.48. The van der Waals surface area contributed by atoms with Crippen molar-refractivity contribution in [3.8, 4) is 0 Å². The van der Waals surface area contributed by atoms with Gasteiger partial charge in [0.1, 0.15) is 0 Å². The van der Waals surface area contributed by atoms with E-state index in [-0.39, 0.29) is 5.54 Å². The summed E-state index contributed by atoms with van der Waals surface area (Å²) < 4.78 is 0. The van der Waals surface area contributed by atoms with Gasteiger partial charge in [0.2, 0.25) is 0 Å². The molecule has 1 aromatic heterocycles. The van der Waals surface area contributed by atoms with Crippen LogP contribution in [0.5, 0.6) is 0 Å². The van der Waals surface area contributed by atoms with Crippen molar-refractivity contribution in [2.45, 2.75) is 5.54 Å². The highest BCUT2D eigenvalue weighted by atomic mass is 15.6. The van der Waals surface area contributed by atoms with Gasteiger partial charge in [-0.2, -0.15) is 0 Å². The van der Waals surface area contributed by atoms with Gasteiger partial charge in [-0.1, -0.05) is 6.07 Å².